The Morgan fingerprint density at radius 2 is 2.25 bits per heavy atom. The van der Waals surface area contributed by atoms with Crippen LogP contribution in [0.15, 0.2) is 23.1 Å². The number of carbonyl (C=O) groups is 1. The van der Waals surface area contributed by atoms with Gasteiger partial charge in [0.1, 0.15) is 0 Å². The molecule has 2 rings (SSSR count). The van der Waals surface area contributed by atoms with Crippen LogP contribution >= 0.6 is 11.8 Å². The normalized spacial score (nSPS) is 17.9. The highest BCUT2D eigenvalue weighted by Gasteiger charge is 2.30. The first-order chi connectivity index (χ1) is 7.50. The molecule has 0 atom stereocenters. The zero-order valence-electron chi connectivity index (χ0n) is 9.62. The summed E-state index contributed by atoms with van der Waals surface area (Å²) in [5, 5.41) is 8.93. The van der Waals surface area contributed by atoms with Gasteiger partial charge in [-0.3, -0.25) is 4.79 Å². The monoisotopic (exact) mass is 236 g/mol. The van der Waals surface area contributed by atoms with E-state index in [-0.39, 0.29) is 11.8 Å². The van der Waals surface area contributed by atoms with Crippen LogP contribution in [0, 0.1) is 0 Å². The van der Waals surface area contributed by atoms with Crippen LogP contribution in [0.4, 0.5) is 0 Å². The van der Waals surface area contributed by atoms with E-state index in [1.165, 1.54) is 10.5 Å². The minimum absolute atomic E-state index is 0.104. The van der Waals surface area contributed by atoms with Crippen LogP contribution in [0.5, 0.6) is 0 Å². The van der Waals surface area contributed by atoms with Crippen LogP contribution in [0.3, 0.4) is 0 Å². The molecule has 0 radical (unpaired) electrons. The van der Waals surface area contributed by atoms with Crippen molar-refractivity contribution in [2.45, 2.75) is 37.0 Å². The molecule has 0 bridgehead atoms. The molecule has 3 heteroatoms. The third-order valence-corrected chi connectivity index (χ3v) is 4.18. The summed E-state index contributed by atoms with van der Waals surface area (Å²) < 4.78 is 0. The molecule has 1 aliphatic heterocycles. The van der Waals surface area contributed by atoms with E-state index in [2.05, 4.69) is 19.9 Å². The summed E-state index contributed by atoms with van der Waals surface area (Å²) in [5.41, 5.74) is 2.32. The molecule has 2 nitrogen and oxygen atoms in total. The van der Waals surface area contributed by atoms with E-state index < -0.39 is 5.97 Å². The van der Waals surface area contributed by atoms with Crippen LogP contribution in [0.2, 0.25) is 0 Å². The maximum Gasteiger partial charge on any atom is 0.307 e. The highest BCUT2D eigenvalue weighted by molar-refractivity contribution is 7.99. The standard InChI is InChI=1S/C13H16O2S/c1-13(2)6-7-16-10-5-3-4-9(12(10)13)8-11(14)15/h3-5H,6-8H2,1-2H3,(H,14,15). The number of carboxylic acids is 1. The third-order valence-electron chi connectivity index (χ3n) is 3.12. The summed E-state index contributed by atoms with van der Waals surface area (Å²) in [6.45, 7) is 4.41. The number of hydrogen-bond acceptors (Lipinski definition) is 2. The quantitative estimate of drug-likeness (QED) is 0.857. The Morgan fingerprint density at radius 3 is 2.94 bits per heavy atom. The second-order valence-electron chi connectivity index (χ2n) is 4.84. The van der Waals surface area contributed by atoms with Crippen LogP contribution in [0.1, 0.15) is 31.4 Å². The fourth-order valence-corrected chi connectivity index (χ4v) is 3.88. The van der Waals surface area contributed by atoms with Crippen molar-refractivity contribution in [2.75, 3.05) is 5.75 Å². The van der Waals surface area contributed by atoms with Gasteiger partial charge in [0.05, 0.1) is 6.42 Å². The van der Waals surface area contributed by atoms with Gasteiger partial charge in [-0.05, 0) is 34.8 Å². The molecule has 0 unspecified atom stereocenters. The van der Waals surface area contributed by atoms with E-state index >= 15 is 0 Å². The topological polar surface area (TPSA) is 37.3 Å². The molecule has 0 saturated carbocycles. The fraction of sp³-hybridized carbons (Fsp3) is 0.462. The number of thioether (sulfide) groups is 1. The summed E-state index contributed by atoms with van der Waals surface area (Å²) >= 11 is 1.84. The van der Waals surface area contributed by atoms with Crippen LogP contribution in [-0.4, -0.2) is 16.8 Å². The zero-order valence-corrected chi connectivity index (χ0v) is 10.4. The Balaban J connectivity index is 2.51. The van der Waals surface area contributed by atoms with Gasteiger partial charge in [0.2, 0.25) is 0 Å². The van der Waals surface area contributed by atoms with Crippen molar-refractivity contribution in [3.05, 3.63) is 29.3 Å². The van der Waals surface area contributed by atoms with Crippen molar-refractivity contribution in [1.82, 2.24) is 0 Å². The average molecular weight is 236 g/mol. The molecule has 16 heavy (non-hydrogen) atoms. The van der Waals surface area contributed by atoms with E-state index in [9.17, 15) is 4.79 Å². The molecular formula is C13H16O2S. The number of carboxylic acid groups (broad SMARTS) is 1. The lowest BCUT2D eigenvalue weighted by atomic mass is 9.78. The van der Waals surface area contributed by atoms with Crippen LogP contribution in [0.25, 0.3) is 0 Å². The first-order valence-electron chi connectivity index (χ1n) is 5.48. The largest absolute Gasteiger partial charge is 0.481 e. The molecule has 1 aromatic rings. The molecule has 0 amide bonds. The van der Waals surface area contributed by atoms with Crippen molar-refractivity contribution < 1.29 is 9.90 Å². The van der Waals surface area contributed by atoms with E-state index in [1.807, 2.05) is 23.9 Å². The molecule has 1 N–H and O–H groups in total. The van der Waals surface area contributed by atoms with Gasteiger partial charge in [0, 0.05) is 4.90 Å². The predicted molar refractivity (Wildman–Crippen MR) is 66.1 cm³/mol. The molecule has 0 fully saturated rings. The van der Waals surface area contributed by atoms with Gasteiger partial charge in [-0.15, -0.1) is 11.8 Å². The summed E-state index contributed by atoms with van der Waals surface area (Å²) in [6.07, 6.45) is 1.24. The van der Waals surface area contributed by atoms with Gasteiger partial charge in [-0.2, -0.15) is 0 Å². The molecule has 0 aliphatic carbocycles. The Hall–Kier alpha value is -0.960. The number of benzene rings is 1. The zero-order chi connectivity index (χ0) is 11.8. The summed E-state index contributed by atoms with van der Waals surface area (Å²) in [5.74, 6) is 0.371. The smallest absolute Gasteiger partial charge is 0.307 e. The van der Waals surface area contributed by atoms with Gasteiger partial charge < -0.3 is 5.11 Å². The Labute approximate surface area is 100 Å². The second-order valence-corrected chi connectivity index (χ2v) is 5.98. The lowest BCUT2D eigenvalue weighted by Crippen LogP contribution is -2.25. The first kappa shape index (κ1) is 11.5. The lowest BCUT2D eigenvalue weighted by molar-refractivity contribution is -0.136. The minimum atomic E-state index is -0.750. The molecule has 1 aliphatic rings. The first-order valence-corrected chi connectivity index (χ1v) is 6.46. The van der Waals surface area contributed by atoms with Crippen molar-refractivity contribution in [3.8, 4) is 0 Å². The molecule has 0 spiro atoms. The average Bonchev–Trinajstić information content (AvgIpc) is 2.15. The minimum Gasteiger partial charge on any atom is -0.481 e. The highest BCUT2D eigenvalue weighted by atomic mass is 32.2. The summed E-state index contributed by atoms with van der Waals surface area (Å²) in [4.78, 5) is 12.1. The number of hydrogen-bond donors (Lipinski definition) is 1. The van der Waals surface area contributed by atoms with E-state index in [1.54, 1.807) is 0 Å². The number of aliphatic carboxylic acids is 1. The van der Waals surface area contributed by atoms with Gasteiger partial charge in [-0.25, -0.2) is 0 Å². The predicted octanol–water partition coefficient (Wildman–Crippen LogP) is 3.09. The van der Waals surface area contributed by atoms with Gasteiger partial charge in [0.25, 0.3) is 0 Å². The van der Waals surface area contributed by atoms with Gasteiger partial charge in [-0.1, -0.05) is 26.0 Å². The molecule has 86 valence electrons. The fourth-order valence-electron chi connectivity index (χ4n) is 2.32. The van der Waals surface area contributed by atoms with E-state index in [0.717, 1.165) is 17.7 Å². The van der Waals surface area contributed by atoms with Crippen LogP contribution in [-0.2, 0) is 16.6 Å². The molecule has 0 aromatic heterocycles. The third kappa shape index (κ3) is 2.09. The van der Waals surface area contributed by atoms with Crippen LogP contribution < -0.4 is 0 Å². The Morgan fingerprint density at radius 1 is 1.50 bits per heavy atom. The molecular weight excluding hydrogens is 220 g/mol. The Kier molecular flexibility index (Phi) is 2.98. The maximum atomic E-state index is 10.9. The number of fused-ring (bicyclic) bond motifs is 1. The van der Waals surface area contributed by atoms with Gasteiger partial charge in [0.15, 0.2) is 0 Å². The SMILES string of the molecule is CC1(C)CCSc2cccc(CC(=O)O)c21. The molecule has 1 heterocycles. The van der Waals surface area contributed by atoms with E-state index in [4.69, 9.17) is 5.11 Å². The maximum absolute atomic E-state index is 10.9. The van der Waals surface area contributed by atoms with Crippen molar-refractivity contribution >= 4 is 17.7 Å². The van der Waals surface area contributed by atoms with E-state index in [0.29, 0.717) is 0 Å². The van der Waals surface area contributed by atoms with Crippen molar-refractivity contribution in [2.24, 2.45) is 0 Å². The Bertz CT molecular complexity index is 424. The van der Waals surface area contributed by atoms with Crippen molar-refractivity contribution in [1.29, 1.82) is 0 Å². The van der Waals surface area contributed by atoms with Gasteiger partial charge >= 0.3 is 5.97 Å². The molecule has 1 aromatic carbocycles. The lowest BCUT2D eigenvalue weighted by Gasteiger charge is -2.33. The highest BCUT2D eigenvalue weighted by Crippen LogP contribution is 2.43. The molecule has 0 saturated heterocycles. The second kappa shape index (κ2) is 4.13. The number of rotatable bonds is 2. The summed E-state index contributed by atoms with van der Waals surface area (Å²) in [7, 11) is 0. The summed E-state index contributed by atoms with van der Waals surface area (Å²) in [6, 6.07) is 6.01. The van der Waals surface area contributed by atoms with Crippen molar-refractivity contribution in [3.63, 3.8) is 0 Å².